The molecule has 20 heavy (non-hydrogen) atoms. The average molecular weight is 274 g/mol. The normalized spacial score (nSPS) is 12.2. The minimum absolute atomic E-state index is 0.147. The minimum atomic E-state index is -0.323. The van der Waals surface area contributed by atoms with Gasteiger partial charge in [-0.25, -0.2) is 9.37 Å². The van der Waals surface area contributed by atoms with E-state index in [1.165, 1.54) is 12.1 Å². The molecule has 1 aromatic carbocycles. The van der Waals surface area contributed by atoms with Gasteiger partial charge in [0, 0.05) is 24.4 Å². The van der Waals surface area contributed by atoms with Crippen LogP contribution in [0.4, 0.5) is 4.39 Å². The van der Waals surface area contributed by atoms with Crippen molar-refractivity contribution in [3.05, 3.63) is 53.5 Å². The van der Waals surface area contributed by atoms with E-state index in [1.54, 1.807) is 18.3 Å². The lowest BCUT2D eigenvalue weighted by atomic mass is 10.1. The molecule has 0 amide bonds. The second-order valence-electron chi connectivity index (χ2n) is 4.89. The minimum Gasteiger partial charge on any atom is -0.439 e. The lowest BCUT2D eigenvalue weighted by Crippen LogP contribution is -2.21. The van der Waals surface area contributed by atoms with Crippen molar-refractivity contribution in [3.63, 3.8) is 0 Å². The van der Waals surface area contributed by atoms with E-state index in [-0.39, 0.29) is 11.9 Å². The molecule has 0 saturated carbocycles. The fraction of sp³-hybridized carbons (Fsp3) is 0.312. The number of halogens is 1. The maximum absolute atomic E-state index is 13.2. The Morgan fingerprint density at radius 2 is 2.10 bits per heavy atom. The second kappa shape index (κ2) is 6.48. The summed E-state index contributed by atoms with van der Waals surface area (Å²) in [5.41, 5.74) is 7.84. The van der Waals surface area contributed by atoms with Crippen LogP contribution in [0.5, 0.6) is 11.6 Å². The molecule has 0 saturated heterocycles. The molecule has 2 N–H and O–H groups in total. The number of rotatable bonds is 5. The van der Waals surface area contributed by atoms with Crippen molar-refractivity contribution in [2.45, 2.75) is 32.7 Å². The zero-order valence-corrected chi connectivity index (χ0v) is 11.8. The number of hydrogen-bond acceptors (Lipinski definition) is 3. The van der Waals surface area contributed by atoms with Gasteiger partial charge in [-0.3, -0.25) is 0 Å². The first-order valence-corrected chi connectivity index (χ1v) is 6.73. The molecular formula is C16H19FN2O. The molecule has 0 aliphatic heterocycles. The van der Waals surface area contributed by atoms with Crippen LogP contribution in [0.25, 0.3) is 0 Å². The van der Waals surface area contributed by atoms with Crippen molar-refractivity contribution in [3.8, 4) is 11.6 Å². The predicted molar refractivity (Wildman–Crippen MR) is 77.4 cm³/mol. The Hall–Kier alpha value is -1.94. The number of nitrogens with two attached hydrogens (primary N) is 1. The van der Waals surface area contributed by atoms with E-state index in [2.05, 4.69) is 11.9 Å². The Morgan fingerprint density at radius 3 is 2.75 bits per heavy atom. The van der Waals surface area contributed by atoms with Gasteiger partial charge in [0.1, 0.15) is 11.6 Å². The molecule has 1 heterocycles. The SMILES string of the molecule is CCC(N)Cc1ccc(Oc2cc(F)ccc2C)nc1. The maximum Gasteiger partial charge on any atom is 0.219 e. The number of aromatic nitrogens is 1. The summed E-state index contributed by atoms with van der Waals surface area (Å²) in [7, 11) is 0. The van der Waals surface area contributed by atoms with Crippen LogP contribution in [0.3, 0.4) is 0 Å². The smallest absolute Gasteiger partial charge is 0.219 e. The summed E-state index contributed by atoms with van der Waals surface area (Å²) in [6, 6.07) is 8.31. The molecular weight excluding hydrogens is 255 g/mol. The van der Waals surface area contributed by atoms with E-state index in [4.69, 9.17) is 10.5 Å². The van der Waals surface area contributed by atoms with Crippen LogP contribution in [-0.4, -0.2) is 11.0 Å². The van der Waals surface area contributed by atoms with Gasteiger partial charge in [-0.1, -0.05) is 19.1 Å². The lowest BCUT2D eigenvalue weighted by Gasteiger charge is -2.10. The fourth-order valence-electron chi connectivity index (χ4n) is 1.84. The second-order valence-corrected chi connectivity index (χ2v) is 4.89. The van der Waals surface area contributed by atoms with E-state index in [1.807, 2.05) is 13.0 Å². The third-order valence-corrected chi connectivity index (χ3v) is 3.18. The highest BCUT2D eigenvalue weighted by Gasteiger charge is 2.06. The van der Waals surface area contributed by atoms with Crippen molar-refractivity contribution in [1.82, 2.24) is 4.98 Å². The number of aryl methyl sites for hydroxylation is 1. The van der Waals surface area contributed by atoms with E-state index in [9.17, 15) is 4.39 Å². The Balaban J connectivity index is 2.09. The molecule has 1 atom stereocenters. The van der Waals surface area contributed by atoms with Gasteiger partial charge >= 0.3 is 0 Å². The van der Waals surface area contributed by atoms with Gasteiger partial charge in [-0.15, -0.1) is 0 Å². The molecule has 0 radical (unpaired) electrons. The van der Waals surface area contributed by atoms with Crippen molar-refractivity contribution in [2.24, 2.45) is 5.73 Å². The van der Waals surface area contributed by atoms with Gasteiger partial charge in [0.25, 0.3) is 0 Å². The van der Waals surface area contributed by atoms with E-state index in [0.29, 0.717) is 11.6 Å². The lowest BCUT2D eigenvalue weighted by molar-refractivity contribution is 0.454. The number of pyridine rings is 1. The molecule has 4 heteroatoms. The van der Waals surface area contributed by atoms with E-state index >= 15 is 0 Å². The number of hydrogen-bond donors (Lipinski definition) is 1. The van der Waals surface area contributed by atoms with Crippen molar-refractivity contribution in [1.29, 1.82) is 0 Å². The third-order valence-electron chi connectivity index (χ3n) is 3.18. The Labute approximate surface area is 118 Å². The van der Waals surface area contributed by atoms with Crippen LogP contribution in [0, 0.1) is 12.7 Å². The van der Waals surface area contributed by atoms with Crippen molar-refractivity contribution in [2.75, 3.05) is 0 Å². The summed E-state index contributed by atoms with van der Waals surface area (Å²) in [6.45, 7) is 3.92. The molecule has 0 bridgehead atoms. The molecule has 106 valence electrons. The molecule has 2 rings (SSSR count). The number of benzene rings is 1. The topological polar surface area (TPSA) is 48.1 Å². The first kappa shape index (κ1) is 14.5. The first-order chi connectivity index (χ1) is 9.58. The van der Waals surface area contributed by atoms with Gasteiger partial charge < -0.3 is 10.5 Å². The fourth-order valence-corrected chi connectivity index (χ4v) is 1.84. The third kappa shape index (κ3) is 3.78. The van der Waals surface area contributed by atoms with Crippen LogP contribution in [0.15, 0.2) is 36.5 Å². The highest BCUT2D eigenvalue weighted by atomic mass is 19.1. The highest BCUT2D eigenvalue weighted by molar-refractivity contribution is 5.35. The summed E-state index contributed by atoms with van der Waals surface area (Å²) in [6.07, 6.45) is 3.48. The quantitative estimate of drug-likeness (QED) is 0.906. The van der Waals surface area contributed by atoms with Crippen molar-refractivity contribution >= 4 is 0 Å². The first-order valence-electron chi connectivity index (χ1n) is 6.73. The van der Waals surface area contributed by atoms with Crippen molar-refractivity contribution < 1.29 is 9.13 Å². The van der Waals surface area contributed by atoms with Crippen LogP contribution < -0.4 is 10.5 Å². The monoisotopic (exact) mass is 274 g/mol. The molecule has 2 aromatic rings. The molecule has 0 aliphatic carbocycles. The zero-order chi connectivity index (χ0) is 14.5. The molecule has 3 nitrogen and oxygen atoms in total. The predicted octanol–water partition coefficient (Wildman–Crippen LogP) is 3.60. The largest absolute Gasteiger partial charge is 0.439 e. The maximum atomic E-state index is 13.2. The zero-order valence-electron chi connectivity index (χ0n) is 11.8. The molecule has 1 aromatic heterocycles. The van der Waals surface area contributed by atoms with Gasteiger partial charge in [-0.05, 0) is 37.0 Å². The Kier molecular flexibility index (Phi) is 4.69. The van der Waals surface area contributed by atoms with Gasteiger partial charge in [-0.2, -0.15) is 0 Å². The van der Waals surface area contributed by atoms with Crippen LogP contribution in [-0.2, 0) is 6.42 Å². The molecule has 0 aliphatic rings. The summed E-state index contributed by atoms with van der Waals surface area (Å²) >= 11 is 0. The Morgan fingerprint density at radius 1 is 1.30 bits per heavy atom. The van der Waals surface area contributed by atoms with Crippen LogP contribution in [0.1, 0.15) is 24.5 Å². The van der Waals surface area contributed by atoms with Crippen LogP contribution >= 0.6 is 0 Å². The highest BCUT2D eigenvalue weighted by Crippen LogP contribution is 2.24. The summed E-state index contributed by atoms with van der Waals surface area (Å²) in [4.78, 5) is 4.23. The summed E-state index contributed by atoms with van der Waals surface area (Å²) < 4.78 is 18.8. The standard InChI is InChI=1S/C16H19FN2O/c1-3-14(18)8-12-5-7-16(19-10-12)20-15-9-13(17)6-4-11(15)2/h4-7,9-10,14H,3,8,18H2,1-2H3. The van der Waals surface area contributed by atoms with Gasteiger partial charge in [0.05, 0.1) is 0 Å². The Bertz CT molecular complexity index is 569. The summed E-state index contributed by atoms with van der Waals surface area (Å²) in [5, 5.41) is 0. The summed E-state index contributed by atoms with van der Waals surface area (Å²) in [5.74, 6) is 0.610. The van der Waals surface area contributed by atoms with E-state index in [0.717, 1.165) is 24.0 Å². The number of ether oxygens (including phenoxy) is 1. The van der Waals surface area contributed by atoms with E-state index < -0.39 is 0 Å². The molecule has 0 spiro atoms. The average Bonchev–Trinajstić information content (AvgIpc) is 2.45. The number of nitrogens with zero attached hydrogens (tertiary/aromatic N) is 1. The molecule has 0 fully saturated rings. The van der Waals surface area contributed by atoms with Gasteiger partial charge in [0.15, 0.2) is 0 Å². The molecule has 1 unspecified atom stereocenters. The van der Waals surface area contributed by atoms with Gasteiger partial charge in [0.2, 0.25) is 5.88 Å². The van der Waals surface area contributed by atoms with Crippen LogP contribution in [0.2, 0.25) is 0 Å².